The van der Waals surface area contributed by atoms with Crippen LogP contribution in [-0.2, 0) is 9.63 Å². The third-order valence-electron chi connectivity index (χ3n) is 2.58. The summed E-state index contributed by atoms with van der Waals surface area (Å²) in [5.41, 5.74) is 3.25. The highest BCUT2D eigenvalue weighted by molar-refractivity contribution is 5.78. The van der Waals surface area contributed by atoms with Crippen LogP contribution in [0.1, 0.15) is 29.5 Å². The maximum Gasteiger partial charge on any atom is 0.331 e. The molecule has 1 atom stereocenters. The number of hydrogen-bond donors (Lipinski definition) is 1. The third-order valence-corrected chi connectivity index (χ3v) is 2.58. The van der Waals surface area contributed by atoms with E-state index in [2.05, 4.69) is 4.84 Å². The molecule has 14 heavy (non-hydrogen) atoms. The highest BCUT2D eigenvalue weighted by Gasteiger charge is 2.18. The Balaban J connectivity index is 3.07. The molecule has 2 N–H and O–H groups in total. The molecule has 0 saturated carbocycles. The molecule has 3 heteroatoms. The van der Waals surface area contributed by atoms with Gasteiger partial charge in [-0.25, -0.2) is 4.79 Å². The quantitative estimate of drug-likeness (QED) is 0.729. The molecule has 3 nitrogen and oxygen atoms in total. The lowest BCUT2D eigenvalue weighted by molar-refractivity contribution is -0.145. The number of benzene rings is 1. The summed E-state index contributed by atoms with van der Waals surface area (Å²) < 4.78 is 0. The first-order valence-corrected chi connectivity index (χ1v) is 4.54. The number of rotatable bonds is 2. The van der Waals surface area contributed by atoms with Gasteiger partial charge in [0.25, 0.3) is 0 Å². The average Bonchev–Trinajstić information content (AvgIpc) is 2.20. The minimum absolute atomic E-state index is 0.306. The molecule has 1 rings (SSSR count). The summed E-state index contributed by atoms with van der Waals surface area (Å²) in [6.45, 7) is 5.79. The highest BCUT2D eigenvalue weighted by atomic mass is 16.7. The summed E-state index contributed by atoms with van der Waals surface area (Å²) >= 11 is 0. The first-order valence-electron chi connectivity index (χ1n) is 4.54. The summed E-state index contributed by atoms with van der Waals surface area (Å²) in [6, 6.07) is 5.86. The number of aryl methyl sites for hydroxylation is 1. The molecule has 1 aromatic carbocycles. The molecule has 0 amide bonds. The molecule has 0 bridgehead atoms. The molecule has 0 aromatic heterocycles. The van der Waals surface area contributed by atoms with Crippen molar-refractivity contribution in [1.82, 2.24) is 0 Å². The van der Waals surface area contributed by atoms with Crippen molar-refractivity contribution in [1.29, 1.82) is 0 Å². The summed E-state index contributed by atoms with van der Waals surface area (Å²) in [5.74, 6) is 4.14. The van der Waals surface area contributed by atoms with Gasteiger partial charge in [-0.3, -0.25) is 0 Å². The van der Waals surface area contributed by atoms with Gasteiger partial charge < -0.3 is 4.84 Å². The fraction of sp³-hybridized carbons (Fsp3) is 0.364. The van der Waals surface area contributed by atoms with Gasteiger partial charge in [-0.05, 0) is 37.5 Å². The smallest absolute Gasteiger partial charge is 0.331 e. The van der Waals surface area contributed by atoms with E-state index in [4.69, 9.17) is 5.90 Å². The fourth-order valence-corrected chi connectivity index (χ4v) is 1.47. The Bertz CT molecular complexity index is 347. The Hall–Kier alpha value is -1.35. The minimum Gasteiger partial charge on any atom is -0.373 e. The summed E-state index contributed by atoms with van der Waals surface area (Å²) in [4.78, 5) is 15.5. The molecule has 0 heterocycles. The van der Waals surface area contributed by atoms with Crippen LogP contribution in [0.3, 0.4) is 0 Å². The van der Waals surface area contributed by atoms with Crippen LogP contribution in [-0.4, -0.2) is 5.97 Å². The zero-order valence-corrected chi connectivity index (χ0v) is 8.70. The van der Waals surface area contributed by atoms with Crippen LogP contribution in [0, 0.1) is 13.8 Å². The summed E-state index contributed by atoms with van der Waals surface area (Å²) in [7, 11) is 0. The van der Waals surface area contributed by atoms with Crippen LogP contribution >= 0.6 is 0 Å². The number of carbonyl (C=O) groups excluding carboxylic acids is 1. The monoisotopic (exact) mass is 193 g/mol. The number of nitrogens with two attached hydrogens (primary N) is 1. The molecule has 0 aliphatic carbocycles. The maximum atomic E-state index is 11.2. The average molecular weight is 193 g/mol. The molecule has 0 fully saturated rings. The van der Waals surface area contributed by atoms with E-state index in [0.29, 0.717) is 0 Å². The van der Waals surface area contributed by atoms with Crippen LogP contribution in [0.15, 0.2) is 18.2 Å². The van der Waals surface area contributed by atoms with Crippen molar-refractivity contribution in [2.75, 3.05) is 0 Å². The second-order valence-corrected chi connectivity index (χ2v) is 3.45. The van der Waals surface area contributed by atoms with Crippen LogP contribution < -0.4 is 5.90 Å². The topological polar surface area (TPSA) is 52.3 Å². The van der Waals surface area contributed by atoms with Crippen molar-refractivity contribution in [3.05, 3.63) is 34.9 Å². The number of carbonyl (C=O) groups is 1. The van der Waals surface area contributed by atoms with Gasteiger partial charge in [0.15, 0.2) is 0 Å². The fourth-order valence-electron chi connectivity index (χ4n) is 1.47. The predicted molar refractivity (Wildman–Crippen MR) is 54.6 cm³/mol. The van der Waals surface area contributed by atoms with Crippen LogP contribution in [0.4, 0.5) is 0 Å². The lowest BCUT2D eigenvalue weighted by Gasteiger charge is -2.13. The Kier molecular flexibility index (Phi) is 3.25. The zero-order valence-electron chi connectivity index (χ0n) is 8.70. The highest BCUT2D eigenvalue weighted by Crippen LogP contribution is 2.22. The van der Waals surface area contributed by atoms with E-state index >= 15 is 0 Å². The minimum atomic E-state index is -0.404. The lowest BCUT2D eigenvalue weighted by atomic mass is 9.94. The van der Waals surface area contributed by atoms with E-state index in [-0.39, 0.29) is 5.92 Å². The molecule has 0 saturated heterocycles. The van der Waals surface area contributed by atoms with E-state index in [1.165, 1.54) is 5.56 Å². The van der Waals surface area contributed by atoms with Gasteiger partial charge in [0.05, 0.1) is 5.92 Å². The molecule has 0 aliphatic rings. The standard InChI is InChI=1S/C11H15NO2/c1-7-5-4-6-10(8(7)2)9(3)11(13)14-12/h4-6,9H,12H2,1-3H3. The Morgan fingerprint density at radius 1 is 1.43 bits per heavy atom. The molecule has 1 unspecified atom stereocenters. The molecule has 0 aliphatic heterocycles. The second-order valence-electron chi connectivity index (χ2n) is 3.45. The van der Waals surface area contributed by atoms with Crippen LogP contribution in [0.2, 0.25) is 0 Å². The molecule has 0 radical (unpaired) electrons. The van der Waals surface area contributed by atoms with E-state index < -0.39 is 5.97 Å². The Morgan fingerprint density at radius 3 is 2.64 bits per heavy atom. The molecule has 76 valence electrons. The van der Waals surface area contributed by atoms with E-state index in [9.17, 15) is 4.79 Å². The second kappa shape index (κ2) is 4.24. The van der Waals surface area contributed by atoms with Gasteiger partial charge in [-0.15, -0.1) is 0 Å². The van der Waals surface area contributed by atoms with Gasteiger partial charge in [0.1, 0.15) is 0 Å². The summed E-state index contributed by atoms with van der Waals surface area (Å²) in [5, 5.41) is 0. The van der Waals surface area contributed by atoms with Gasteiger partial charge in [-0.1, -0.05) is 18.2 Å². The lowest BCUT2D eigenvalue weighted by Crippen LogP contribution is -2.17. The van der Waals surface area contributed by atoms with E-state index in [0.717, 1.165) is 11.1 Å². The van der Waals surface area contributed by atoms with Gasteiger partial charge in [0, 0.05) is 0 Å². The van der Waals surface area contributed by atoms with Gasteiger partial charge in [0.2, 0.25) is 0 Å². The van der Waals surface area contributed by atoms with Crippen molar-refractivity contribution in [2.45, 2.75) is 26.7 Å². The SMILES string of the molecule is Cc1cccc(C(C)C(=O)ON)c1C. The third kappa shape index (κ3) is 1.93. The first-order chi connectivity index (χ1) is 6.57. The zero-order chi connectivity index (χ0) is 10.7. The Morgan fingerprint density at radius 2 is 2.07 bits per heavy atom. The molecular formula is C11H15NO2. The van der Waals surface area contributed by atoms with E-state index in [1.54, 1.807) is 6.92 Å². The largest absolute Gasteiger partial charge is 0.373 e. The van der Waals surface area contributed by atoms with Crippen molar-refractivity contribution in [3.63, 3.8) is 0 Å². The van der Waals surface area contributed by atoms with Crippen molar-refractivity contribution < 1.29 is 9.63 Å². The van der Waals surface area contributed by atoms with Gasteiger partial charge >= 0.3 is 5.97 Å². The maximum absolute atomic E-state index is 11.2. The van der Waals surface area contributed by atoms with Gasteiger partial charge in [-0.2, -0.15) is 5.90 Å². The predicted octanol–water partition coefficient (Wildman–Crippen LogP) is 1.82. The summed E-state index contributed by atoms with van der Waals surface area (Å²) in [6.07, 6.45) is 0. The van der Waals surface area contributed by atoms with Crippen molar-refractivity contribution in [3.8, 4) is 0 Å². The first kappa shape index (κ1) is 10.7. The van der Waals surface area contributed by atoms with Crippen molar-refractivity contribution >= 4 is 5.97 Å². The number of hydrogen-bond acceptors (Lipinski definition) is 3. The normalized spacial score (nSPS) is 12.3. The van der Waals surface area contributed by atoms with Crippen molar-refractivity contribution in [2.24, 2.45) is 5.90 Å². The van der Waals surface area contributed by atoms with Crippen LogP contribution in [0.5, 0.6) is 0 Å². The molecular weight excluding hydrogens is 178 g/mol. The Labute approximate surface area is 83.8 Å². The van der Waals surface area contributed by atoms with E-state index in [1.807, 2.05) is 32.0 Å². The molecule has 0 spiro atoms. The van der Waals surface area contributed by atoms with Crippen LogP contribution in [0.25, 0.3) is 0 Å². The molecule has 1 aromatic rings.